The first-order chi connectivity index (χ1) is 7.54. The van der Waals surface area contributed by atoms with Crippen molar-refractivity contribution in [1.82, 2.24) is 0 Å². The minimum absolute atomic E-state index is 0.328. The normalized spacial score (nSPS) is 12.2. The number of halogens is 3. The molecule has 1 aromatic rings. The SMILES string of the molecule is CCOC(=O)C(Br)Cc1ccc(Br)c(F)c1. The van der Waals surface area contributed by atoms with E-state index in [1.165, 1.54) is 6.07 Å². The molecule has 0 saturated carbocycles. The Morgan fingerprint density at radius 1 is 1.56 bits per heavy atom. The van der Waals surface area contributed by atoms with Gasteiger partial charge in [-0.25, -0.2) is 4.39 Å². The van der Waals surface area contributed by atoms with E-state index in [1.807, 2.05) is 0 Å². The molecule has 0 spiro atoms. The second kappa shape index (κ2) is 6.35. The van der Waals surface area contributed by atoms with Crippen LogP contribution in [0.3, 0.4) is 0 Å². The van der Waals surface area contributed by atoms with Crippen molar-refractivity contribution in [3.63, 3.8) is 0 Å². The van der Waals surface area contributed by atoms with Gasteiger partial charge in [0.2, 0.25) is 0 Å². The Morgan fingerprint density at radius 3 is 2.81 bits per heavy atom. The molecule has 0 heterocycles. The highest BCUT2D eigenvalue weighted by molar-refractivity contribution is 9.10. The highest BCUT2D eigenvalue weighted by Gasteiger charge is 2.16. The average molecular weight is 354 g/mol. The topological polar surface area (TPSA) is 26.3 Å². The van der Waals surface area contributed by atoms with E-state index in [0.29, 0.717) is 17.5 Å². The summed E-state index contributed by atoms with van der Waals surface area (Å²) in [7, 11) is 0. The van der Waals surface area contributed by atoms with Gasteiger partial charge < -0.3 is 4.74 Å². The van der Waals surface area contributed by atoms with E-state index in [4.69, 9.17) is 4.74 Å². The lowest BCUT2D eigenvalue weighted by atomic mass is 10.1. The number of esters is 1. The molecule has 0 bridgehead atoms. The van der Waals surface area contributed by atoms with Gasteiger partial charge >= 0.3 is 5.97 Å². The monoisotopic (exact) mass is 352 g/mol. The van der Waals surface area contributed by atoms with Gasteiger partial charge in [0.1, 0.15) is 10.6 Å². The van der Waals surface area contributed by atoms with Crippen molar-refractivity contribution in [2.75, 3.05) is 6.61 Å². The van der Waals surface area contributed by atoms with E-state index in [2.05, 4.69) is 31.9 Å². The highest BCUT2D eigenvalue weighted by atomic mass is 79.9. The number of rotatable bonds is 4. The summed E-state index contributed by atoms with van der Waals surface area (Å²) in [6.07, 6.45) is 0.406. The van der Waals surface area contributed by atoms with E-state index in [-0.39, 0.29) is 11.8 Å². The summed E-state index contributed by atoms with van der Waals surface area (Å²) in [4.78, 5) is 10.9. The van der Waals surface area contributed by atoms with Gasteiger partial charge in [-0.05, 0) is 47.0 Å². The maximum absolute atomic E-state index is 13.2. The quantitative estimate of drug-likeness (QED) is 0.612. The van der Waals surface area contributed by atoms with Gasteiger partial charge in [-0.2, -0.15) is 0 Å². The number of hydrogen-bond donors (Lipinski definition) is 0. The minimum atomic E-state index is -0.437. The molecule has 16 heavy (non-hydrogen) atoms. The lowest BCUT2D eigenvalue weighted by Crippen LogP contribution is -2.19. The molecule has 5 heteroatoms. The van der Waals surface area contributed by atoms with E-state index in [1.54, 1.807) is 19.1 Å². The average Bonchev–Trinajstić information content (AvgIpc) is 2.24. The second-order valence-electron chi connectivity index (χ2n) is 3.17. The molecule has 0 aliphatic heterocycles. The predicted molar refractivity (Wildman–Crippen MR) is 67.2 cm³/mol. The number of carbonyl (C=O) groups is 1. The Labute approximate surface area is 110 Å². The molecule has 1 aromatic carbocycles. The van der Waals surface area contributed by atoms with Crippen molar-refractivity contribution in [3.05, 3.63) is 34.1 Å². The zero-order valence-electron chi connectivity index (χ0n) is 8.67. The molecule has 0 fully saturated rings. The van der Waals surface area contributed by atoms with E-state index in [0.717, 1.165) is 5.56 Å². The first-order valence-electron chi connectivity index (χ1n) is 4.79. The smallest absolute Gasteiger partial charge is 0.320 e. The zero-order valence-corrected chi connectivity index (χ0v) is 11.8. The first kappa shape index (κ1) is 13.6. The summed E-state index contributed by atoms with van der Waals surface area (Å²) >= 11 is 6.29. The molecule has 0 aromatic heterocycles. The molecule has 0 amide bonds. The molecule has 0 aliphatic rings. The van der Waals surface area contributed by atoms with Crippen LogP contribution in [0.4, 0.5) is 4.39 Å². The van der Waals surface area contributed by atoms with Crippen molar-refractivity contribution < 1.29 is 13.9 Å². The standard InChI is InChI=1S/C11H11Br2FO2/c1-2-16-11(15)9(13)5-7-3-4-8(12)10(14)6-7/h3-4,6,9H,2,5H2,1H3. The van der Waals surface area contributed by atoms with E-state index < -0.39 is 4.83 Å². The number of hydrogen-bond acceptors (Lipinski definition) is 2. The summed E-state index contributed by atoms with van der Waals surface area (Å²) in [5, 5.41) is 0. The molecule has 1 unspecified atom stereocenters. The molecular formula is C11H11Br2FO2. The molecule has 0 aliphatic carbocycles. The highest BCUT2D eigenvalue weighted by Crippen LogP contribution is 2.19. The summed E-state index contributed by atoms with van der Waals surface area (Å²) in [5.74, 6) is -0.660. The number of benzene rings is 1. The van der Waals surface area contributed by atoms with Crippen LogP contribution in [0.2, 0.25) is 0 Å². The lowest BCUT2D eigenvalue weighted by Gasteiger charge is -2.09. The van der Waals surface area contributed by atoms with E-state index >= 15 is 0 Å². The summed E-state index contributed by atoms with van der Waals surface area (Å²) < 4.78 is 18.5. The largest absolute Gasteiger partial charge is 0.465 e. The van der Waals surface area contributed by atoms with Gasteiger partial charge in [-0.1, -0.05) is 22.0 Å². The van der Waals surface area contributed by atoms with Crippen molar-refractivity contribution in [3.8, 4) is 0 Å². The third kappa shape index (κ3) is 3.87. The fourth-order valence-corrected chi connectivity index (χ4v) is 1.94. The maximum atomic E-state index is 13.2. The van der Waals surface area contributed by atoms with Gasteiger partial charge in [0.25, 0.3) is 0 Å². The van der Waals surface area contributed by atoms with Crippen LogP contribution >= 0.6 is 31.9 Å². The minimum Gasteiger partial charge on any atom is -0.465 e. The van der Waals surface area contributed by atoms with Crippen molar-refractivity contribution >= 4 is 37.8 Å². The van der Waals surface area contributed by atoms with Gasteiger partial charge in [0.15, 0.2) is 0 Å². The molecule has 0 radical (unpaired) electrons. The maximum Gasteiger partial charge on any atom is 0.320 e. The Hall–Kier alpha value is -0.420. The van der Waals surface area contributed by atoms with Crippen LogP contribution in [0.5, 0.6) is 0 Å². The van der Waals surface area contributed by atoms with E-state index in [9.17, 15) is 9.18 Å². The van der Waals surface area contributed by atoms with Crippen LogP contribution in [0.15, 0.2) is 22.7 Å². The van der Waals surface area contributed by atoms with Gasteiger partial charge in [0, 0.05) is 0 Å². The predicted octanol–water partition coefficient (Wildman–Crippen LogP) is 3.46. The fraction of sp³-hybridized carbons (Fsp3) is 0.364. The zero-order chi connectivity index (χ0) is 12.1. The third-order valence-electron chi connectivity index (χ3n) is 1.94. The lowest BCUT2D eigenvalue weighted by molar-refractivity contribution is -0.142. The van der Waals surface area contributed by atoms with Crippen LogP contribution in [-0.4, -0.2) is 17.4 Å². The van der Waals surface area contributed by atoms with Crippen molar-refractivity contribution in [2.24, 2.45) is 0 Å². The summed E-state index contributed by atoms with van der Waals surface area (Å²) in [5.41, 5.74) is 0.746. The molecule has 2 nitrogen and oxygen atoms in total. The van der Waals surface area contributed by atoms with Crippen LogP contribution in [-0.2, 0) is 16.0 Å². The number of alkyl halides is 1. The molecule has 0 saturated heterocycles. The van der Waals surface area contributed by atoms with Crippen molar-refractivity contribution in [2.45, 2.75) is 18.2 Å². The van der Waals surface area contributed by atoms with Gasteiger partial charge in [-0.15, -0.1) is 0 Å². The Morgan fingerprint density at radius 2 is 2.25 bits per heavy atom. The second-order valence-corrected chi connectivity index (χ2v) is 5.13. The number of ether oxygens (including phenoxy) is 1. The summed E-state index contributed by atoms with van der Waals surface area (Å²) in [6, 6.07) is 4.79. The number of carbonyl (C=O) groups excluding carboxylic acids is 1. The van der Waals surface area contributed by atoms with Crippen LogP contribution in [0.1, 0.15) is 12.5 Å². The molecule has 1 atom stereocenters. The Bertz CT molecular complexity index is 382. The molecular weight excluding hydrogens is 343 g/mol. The molecule has 88 valence electrons. The van der Waals surface area contributed by atoms with Gasteiger partial charge in [-0.3, -0.25) is 4.79 Å². The fourth-order valence-electron chi connectivity index (χ4n) is 1.19. The van der Waals surface area contributed by atoms with Crippen molar-refractivity contribution in [1.29, 1.82) is 0 Å². The first-order valence-corrected chi connectivity index (χ1v) is 6.50. The Kier molecular flexibility index (Phi) is 5.41. The summed E-state index contributed by atoms with van der Waals surface area (Å²) in [6.45, 7) is 2.09. The molecule has 0 N–H and O–H groups in total. The van der Waals surface area contributed by atoms with Crippen LogP contribution < -0.4 is 0 Å². The third-order valence-corrected chi connectivity index (χ3v) is 3.28. The Balaban J connectivity index is 2.66. The van der Waals surface area contributed by atoms with Crippen LogP contribution in [0, 0.1) is 5.82 Å². The van der Waals surface area contributed by atoms with Gasteiger partial charge in [0.05, 0.1) is 11.1 Å². The van der Waals surface area contributed by atoms with Crippen LogP contribution in [0.25, 0.3) is 0 Å². The molecule has 1 rings (SSSR count).